The van der Waals surface area contributed by atoms with Crippen LogP contribution in [0.2, 0.25) is 0 Å². The van der Waals surface area contributed by atoms with Gasteiger partial charge in [-0.15, -0.1) is 0 Å². The Labute approximate surface area is 76.5 Å². The molecule has 0 aliphatic heterocycles. The number of aliphatic hydroxyl groups excluding tert-OH is 1. The topological polar surface area (TPSA) is 61.2 Å². The fourth-order valence-corrected chi connectivity index (χ4v) is 0.983. The Morgan fingerprint density at radius 2 is 1.92 bits per heavy atom. The van der Waals surface area contributed by atoms with Crippen LogP contribution in [0, 0.1) is 5.41 Å². The van der Waals surface area contributed by atoms with E-state index in [1.807, 2.05) is 0 Å². The van der Waals surface area contributed by atoms with Crippen molar-refractivity contribution in [2.45, 2.75) is 26.7 Å². The van der Waals surface area contributed by atoms with Crippen LogP contribution in [0.3, 0.4) is 0 Å². The molecule has 0 rings (SSSR count). The maximum atomic E-state index is 10.8. The first-order chi connectivity index (χ1) is 5.54. The van der Waals surface area contributed by atoms with E-state index in [1.54, 1.807) is 13.8 Å². The zero-order valence-electron chi connectivity index (χ0n) is 7.15. The zero-order valence-corrected chi connectivity index (χ0v) is 7.90. The summed E-state index contributed by atoms with van der Waals surface area (Å²) in [6.07, 6.45) is 0.702. The molecule has 0 aliphatic carbocycles. The molecular formula is C8H12ClNO2. The zero-order chi connectivity index (χ0) is 9.72. The summed E-state index contributed by atoms with van der Waals surface area (Å²) in [7, 11) is 0. The van der Waals surface area contributed by atoms with Crippen molar-refractivity contribution in [3.8, 4) is 0 Å². The first kappa shape index (κ1) is 11.2. The molecule has 0 aromatic heterocycles. The maximum absolute atomic E-state index is 10.8. The molecule has 0 fully saturated rings. The molecule has 4 heteroatoms. The van der Waals surface area contributed by atoms with E-state index in [-0.39, 0.29) is 17.0 Å². The van der Waals surface area contributed by atoms with E-state index in [2.05, 4.69) is 0 Å². The van der Waals surface area contributed by atoms with Crippen molar-refractivity contribution in [3.05, 3.63) is 11.3 Å². The van der Waals surface area contributed by atoms with Gasteiger partial charge in [0.1, 0.15) is 5.76 Å². The SMILES string of the molecule is CCC(=N)/C(C(=O)Cl)=C(\O)CC. The highest BCUT2D eigenvalue weighted by Crippen LogP contribution is 2.12. The summed E-state index contributed by atoms with van der Waals surface area (Å²) < 4.78 is 0. The summed E-state index contributed by atoms with van der Waals surface area (Å²) in [5, 5.41) is 15.8. The number of rotatable bonds is 4. The van der Waals surface area contributed by atoms with Gasteiger partial charge in [0, 0.05) is 12.1 Å². The number of nitrogens with one attached hydrogen (secondary N) is 1. The third-order valence-corrected chi connectivity index (χ3v) is 1.66. The van der Waals surface area contributed by atoms with Gasteiger partial charge in [0.2, 0.25) is 0 Å². The van der Waals surface area contributed by atoms with E-state index in [9.17, 15) is 9.90 Å². The summed E-state index contributed by atoms with van der Waals surface area (Å²) >= 11 is 5.19. The molecule has 0 aromatic carbocycles. The molecule has 0 heterocycles. The highest BCUT2D eigenvalue weighted by atomic mass is 35.5. The van der Waals surface area contributed by atoms with Crippen LogP contribution in [0.15, 0.2) is 11.3 Å². The molecule has 0 saturated carbocycles. The van der Waals surface area contributed by atoms with Gasteiger partial charge in [0.05, 0.1) is 5.57 Å². The van der Waals surface area contributed by atoms with E-state index >= 15 is 0 Å². The third kappa shape index (κ3) is 2.66. The molecule has 0 aromatic rings. The van der Waals surface area contributed by atoms with Crippen molar-refractivity contribution in [1.82, 2.24) is 0 Å². The van der Waals surface area contributed by atoms with E-state index in [0.29, 0.717) is 12.8 Å². The molecule has 12 heavy (non-hydrogen) atoms. The van der Waals surface area contributed by atoms with Crippen LogP contribution in [0.5, 0.6) is 0 Å². The average Bonchev–Trinajstić information content (AvgIpc) is 2.03. The Hall–Kier alpha value is -0.830. The largest absolute Gasteiger partial charge is 0.511 e. The van der Waals surface area contributed by atoms with E-state index in [4.69, 9.17) is 17.0 Å². The molecule has 0 amide bonds. The second kappa shape index (κ2) is 4.93. The number of hydrogen-bond acceptors (Lipinski definition) is 3. The van der Waals surface area contributed by atoms with Crippen LogP contribution in [-0.2, 0) is 4.79 Å². The molecule has 0 spiro atoms. The van der Waals surface area contributed by atoms with Crippen LogP contribution < -0.4 is 0 Å². The molecule has 68 valence electrons. The molecule has 0 atom stereocenters. The van der Waals surface area contributed by atoms with Gasteiger partial charge in [-0.05, 0) is 18.0 Å². The van der Waals surface area contributed by atoms with Crippen molar-refractivity contribution >= 4 is 22.6 Å². The molecule has 3 nitrogen and oxygen atoms in total. The lowest BCUT2D eigenvalue weighted by Gasteiger charge is -2.04. The second-order valence-corrected chi connectivity index (χ2v) is 2.62. The van der Waals surface area contributed by atoms with Crippen LogP contribution in [0.25, 0.3) is 0 Å². The predicted octanol–water partition coefficient (Wildman–Crippen LogP) is 2.40. The van der Waals surface area contributed by atoms with Gasteiger partial charge < -0.3 is 10.5 Å². The lowest BCUT2D eigenvalue weighted by molar-refractivity contribution is -0.108. The third-order valence-electron chi connectivity index (χ3n) is 1.48. The minimum Gasteiger partial charge on any atom is -0.511 e. The van der Waals surface area contributed by atoms with Crippen LogP contribution in [-0.4, -0.2) is 16.1 Å². The number of hydrogen-bond donors (Lipinski definition) is 2. The summed E-state index contributed by atoms with van der Waals surface area (Å²) in [4.78, 5) is 10.8. The fraction of sp³-hybridized carbons (Fsp3) is 0.500. The molecule has 0 aliphatic rings. The highest BCUT2D eigenvalue weighted by molar-refractivity contribution is 6.70. The second-order valence-electron chi connectivity index (χ2n) is 2.28. The number of carbonyl (C=O) groups excluding carboxylic acids is 1. The Bertz CT molecular complexity index is 233. The van der Waals surface area contributed by atoms with Crippen molar-refractivity contribution in [1.29, 1.82) is 5.41 Å². The summed E-state index contributed by atoms with van der Waals surface area (Å²) in [6.45, 7) is 3.42. The Balaban J connectivity index is 4.91. The number of allylic oxidation sites excluding steroid dienone is 2. The normalized spacial score (nSPS) is 12.2. The van der Waals surface area contributed by atoms with Crippen LogP contribution >= 0.6 is 11.6 Å². The minimum atomic E-state index is -0.763. The minimum absolute atomic E-state index is 0.0540. The van der Waals surface area contributed by atoms with Crippen molar-refractivity contribution in [2.75, 3.05) is 0 Å². The van der Waals surface area contributed by atoms with Crippen LogP contribution in [0.1, 0.15) is 26.7 Å². The smallest absolute Gasteiger partial charge is 0.257 e. The van der Waals surface area contributed by atoms with Gasteiger partial charge in [-0.3, -0.25) is 4.79 Å². The van der Waals surface area contributed by atoms with Gasteiger partial charge in [0.25, 0.3) is 5.24 Å². The Morgan fingerprint density at radius 3 is 2.17 bits per heavy atom. The van der Waals surface area contributed by atoms with Crippen molar-refractivity contribution in [3.63, 3.8) is 0 Å². The van der Waals surface area contributed by atoms with Gasteiger partial charge in [-0.1, -0.05) is 13.8 Å². The molecule has 0 bridgehead atoms. The Kier molecular flexibility index (Phi) is 4.59. The monoisotopic (exact) mass is 189 g/mol. The molecular weight excluding hydrogens is 178 g/mol. The maximum Gasteiger partial charge on any atom is 0.257 e. The standard InChI is InChI=1S/C8H12ClNO2/c1-3-5(10)7(8(9)12)6(11)4-2/h10-11H,3-4H2,1-2H3/b7-6+,10-5?. The summed E-state index contributed by atoms with van der Waals surface area (Å²) in [5.41, 5.74) is 0.0241. The summed E-state index contributed by atoms with van der Waals surface area (Å²) in [6, 6.07) is 0. The number of halogens is 1. The van der Waals surface area contributed by atoms with Crippen molar-refractivity contribution < 1.29 is 9.90 Å². The van der Waals surface area contributed by atoms with Gasteiger partial charge in [-0.2, -0.15) is 0 Å². The van der Waals surface area contributed by atoms with Gasteiger partial charge in [0.15, 0.2) is 0 Å². The predicted molar refractivity (Wildman–Crippen MR) is 48.8 cm³/mol. The first-order valence-electron chi connectivity index (χ1n) is 3.74. The Morgan fingerprint density at radius 1 is 1.42 bits per heavy atom. The number of aliphatic hydroxyl groups is 1. The molecule has 0 unspecified atom stereocenters. The van der Waals surface area contributed by atoms with Crippen molar-refractivity contribution in [2.24, 2.45) is 0 Å². The fourth-order valence-electron chi connectivity index (χ4n) is 0.760. The van der Waals surface area contributed by atoms with Gasteiger partial charge in [-0.25, -0.2) is 0 Å². The van der Waals surface area contributed by atoms with E-state index < -0.39 is 5.24 Å². The highest BCUT2D eigenvalue weighted by Gasteiger charge is 2.15. The molecule has 2 N–H and O–H groups in total. The number of carbonyl (C=O) groups is 1. The van der Waals surface area contributed by atoms with E-state index in [0.717, 1.165) is 0 Å². The van der Waals surface area contributed by atoms with Gasteiger partial charge >= 0.3 is 0 Å². The molecule has 0 radical (unpaired) electrons. The lowest BCUT2D eigenvalue weighted by Crippen LogP contribution is -2.09. The first-order valence-corrected chi connectivity index (χ1v) is 4.12. The van der Waals surface area contributed by atoms with Crippen LogP contribution in [0.4, 0.5) is 0 Å². The summed E-state index contributed by atoms with van der Waals surface area (Å²) in [5.74, 6) is -0.109. The quantitative estimate of drug-likeness (QED) is 0.309. The lowest BCUT2D eigenvalue weighted by atomic mass is 10.1. The average molecular weight is 190 g/mol. The van der Waals surface area contributed by atoms with E-state index in [1.165, 1.54) is 0 Å². The molecule has 0 saturated heterocycles.